The molecule has 0 bridgehead atoms. The highest BCUT2D eigenvalue weighted by atomic mass is 32.1. The first kappa shape index (κ1) is 12.8. The van der Waals surface area contributed by atoms with E-state index in [0.717, 1.165) is 25.2 Å². The molecule has 0 amide bonds. The van der Waals surface area contributed by atoms with Crippen molar-refractivity contribution in [2.24, 2.45) is 0 Å². The van der Waals surface area contributed by atoms with E-state index in [-0.39, 0.29) is 0 Å². The van der Waals surface area contributed by atoms with Crippen LogP contribution < -0.4 is 5.32 Å². The third-order valence-electron chi connectivity index (χ3n) is 3.19. The summed E-state index contributed by atoms with van der Waals surface area (Å²) in [4.78, 5) is 4.47. The van der Waals surface area contributed by atoms with Crippen molar-refractivity contribution in [3.63, 3.8) is 0 Å². The van der Waals surface area contributed by atoms with Crippen molar-refractivity contribution in [3.8, 4) is 0 Å². The minimum absolute atomic E-state index is 1.06. The summed E-state index contributed by atoms with van der Waals surface area (Å²) in [6.07, 6.45) is 10.1. The molecule has 3 heteroatoms. The van der Waals surface area contributed by atoms with Crippen LogP contribution in [0.1, 0.15) is 42.8 Å². The second-order valence-electron chi connectivity index (χ2n) is 4.74. The van der Waals surface area contributed by atoms with Crippen molar-refractivity contribution in [3.05, 3.63) is 27.7 Å². The topological polar surface area (TPSA) is 24.9 Å². The highest BCUT2D eigenvalue weighted by Gasteiger charge is 2.03. The maximum absolute atomic E-state index is 4.47. The summed E-state index contributed by atoms with van der Waals surface area (Å²) in [5.74, 6) is 0. The van der Waals surface area contributed by atoms with Gasteiger partial charge in [0.05, 0.1) is 5.01 Å². The second kappa shape index (κ2) is 6.92. The molecule has 0 saturated carbocycles. The van der Waals surface area contributed by atoms with Crippen LogP contribution in [0, 0.1) is 6.92 Å². The van der Waals surface area contributed by atoms with Crippen molar-refractivity contribution in [1.29, 1.82) is 0 Å². The summed E-state index contributed by atoms with van der Waals surface area (Å²) in [5.41, 5.74) is 2.81. The molecule has 0 atom stereocenters. The molecule has 1 aliphatic carbocycles. The second-order valence-corrected chi connectivity index (χ2v) is 5.68. The normalized spacial score (nSPS) is 15.9. The molecule has 0 aromatic carbocycles. The predicted octanol–water partition coefficient (Wildman–Crippen LogP) is 3.47. The molecule has 1 aromatic rings. The number of aryl methyl sites for hydroxylation is 1. The maximum Gasteiger partial charge on any atom is 0.0940 e. The number of hydrogen-bond acceptors (Lipinski definition) is 3. The number of hydrogen-bond donors (Lipinski definition) is 1. The van der Waals surface area contributed by atoms with E-state index >= 15 is 0 Å². The number of thiazole rings is 1. The standard InChI is InChI=1S/C14H22N2S/c1-12-11-17-14(16-12)8-10-15-9-7-13-5-3-2-4-6-13/h5,11,15H,2-4,6-10H2,1H3. The fourth-order valence-electron chi connectivity index (χ4n) is 2.22. The Hall–Kier alpha value is -0.670. The molecule has 17 heavy (non-hydrogen) atoms. The van der Waals surface area contributed by atoms with E-state index in [9.17, 15) is 0 Å². The molecular formula is C14H22N2S. The van der Waals surface area contributed by atoms with Gasteiger partial charge in [-0.1, -0.05) is 11.6 Å². The number of nitrogens with one attached hydrogen (secondary N) is 1. The van der Waals surface area contributed by atoms with Crippen LogP contribution >= 0.6 is 11.3 Å². The Bertz CT molecular complexity index is 368. The molecule has 94 valence electrons. The first-order valence-corrected chi connectivity index (χ1v) is 7.52. The molecule has 0 radical (unpaired) electrons. The molecule has 2 nitrogen and oxygen atoms in total. The van der Waals surface area contributed by atoms with Crippen molar-refractivity contribution >= 4 is 11.3 Å². The fourth-order valence-corrected chi connectivity index (χ4v) is 2.99. The Morgan fingerprint density at radius 3 is 2.88 bits per heavy atom. The summed E-state index contributed by atoms with van der Waals surface area (Å²) in [5, 5.41) is 6.90. The quantitative estimate of drug-likeness (QED) is 0.617. The third kappa shape index (κ3) is 4.60. The van der Waals surface area contributed by atoms with E-state index in [1.165, 1.54) is 37.1 Å². The van der Waals surface area contributed by atoms with Gasteiger partial charge in [0, 0.05) is 24.0 Å². The van der Waals surface area contributed by atoms with Crippen LogP contribution in [0.5, 0.6) is 0 Å². The van der Waals surface area contributed by atoms with E-state index in [2.05, 4.69) is 28.7 Å². The molecular weight excluding hydrogens is 228 g/mol. The SMILES string of the molecule is Cc1csc(CCNCCC2=CCCCC2)n1. The van der Waals surface area contributed by atoms with Crippen LogP contribution in [0.4, 0.5) is 0 Å². The highest BCUT2D eigenvalue weighted by Crippen LogP contribution is 2.19. The summed E-state index contributed by atoms with van der Waals surface area (Å²) in [6, 6.07) is 0. The lowest BCUT2D eigenvalue weighted by Crippen LogP contribution is -2.19. The average Bonchev–Trinajstić information content (AvgIpc) is 2.76. The molecule has 0 aliphatic heterocycles. The Kier molecular flexibility index (Phi) is 5.20. The van der Waals surface area contributed by atoms with Crippen molar-refractivity contribution in [1.82, 2.24) is 10.3 Å². The predicted molar refractivity (Wildman–Crippen MR) is 74.6 cm³/mol. The molecule has 0 fully saturated rings. The number of aromatic nitrogens is 1. The molecule has 1 heterocycles. The van der Waals surface area contributed by atoms with Crippen molar-refractivity contribution < 1.29 is 0 Å². The van der Waals surface area contributed by atoms with Gasteiger partial charge in [-0.2, -0.15) is 0 Å². The number of nitrogens with zero attached hydrogens (tertiary/aromatic N) is 1. The van der Waals surface area contributed by atoms with Gasteiger partial charge in [-0.3, -0.25) is 0 Å². The number of allylic oxidation sites excluding steroid dienone is 1. The van der Waals surface area contributed by atoms with Gasteiger partial charge in [-0.05, 0) is 45.6 Å². The molecule has 0 spiro atoms. The zero-order chi connectivity index (χ0) is 11.9. The summed E-state index contributed by atoms with van der Waals surface area (Å²) in [6.45, 7) is 4.24. The first-order valence-electron chi connectivity index (χ1n) is 6.64. The summed E-state index contributed by atoms with van der Waals surface area (Å²) >= 11 is 1.77. The van der Waals surface area contributed by atoms with E-state index in [1.807, 2.05) is 0 Å². The zero-order valence-corrected chi connectivity index (χ0v) is 11.5. The van der Waals surface area contributed by atoms with E-state index in [4.69, 9.17) is 0 Å². The largest absolute Gasteiger partial charge is 0.316 e. The van der Waals surface area contributed by atoms with Crippen molar-refractivity contribution in [2.45, 2.75) is 45.4 Å². The van der Waals surface area contributed by atoms with Gasteiger partial charge in [-0.25, -0.2) is 4.98 Å². The molecule has 1 aromatic heterocycles. The van der Waals surface area contributed by atoms with Crippen molar-refractivity contribution in [2.75, 3.05) is 13.1 Å². The molecule has 0 saturated heterocycles. The van der Waals surface area contributed by atoms with Gasteiger partial charge in [0.15, 0.2) is 0 Å². The Balaban J connectivity index is 1.56. The van der Waals surface area contributed by atoms with Crippen LogP contribution in [0.3, 0.4) is 0 Å². The Labute approximate surface area is 108 Å². The number of rotatable bonds is 6. The van der Waals surface area contributed by atoms with Crippen LogP contribution in [-0.4, -0.2) is 18.1 Å². The minimum atomic E-state index is 1.06. The van der Waals surface area contributed by atoms with Crippen LogP contribution in [0.25, 0.3) is 0 Å². The molecule has 1 aliphatic rings. The van der Waals surface area contributed by atoms with Crippen LogP contribution in [-0.2, 0) is 6.42 Å². The van der Waals surface area contributed by atoms with E-state index < -0.39 is 0 Å². The van der Waals surface area contributed by atoms with E-state index in [1.54, 1.807) is 16.9 Å². The Morgan fingerprint density at radius 1 is 1.29 bits per heavy atom. The molecule has 1 N–H and O–H groups in total. The maximum atomic E-state index is 4.47. The highest BCUT2D eigenvalue weighted by molar-refractivity contribution is 7.09. The third-order valence-corrected chi connectivity index (χ3v) is 4.22. The first-order chi connectivity index (χ1) is 8.34. The van der Waals surface area contributed by atoms with E-state index in [0.29, 0.717) is 0 Å². The minimum Gasteiger partial charge on any atom is -0.316 e. The average molecular weight is 250 g/mol. The summed E-state index contributed by atoms with van der Waals surface area (Å²) < 4.78 is 0. The van der Waals surface area contributed by atoms with Crippen LogP contribution in [0.2, 0.25) is 0 Å². The van der Waals surface area contributed by atoms with Gasteiger partial charge in [0.25, 0.3) is 0 Å². The lowest BCUT2D eigenvalue weighted by molar-refractivity contribution is 0.631. The smallest absolute Gasteiger partial charge is 0.0940 e. The van der Waals surface area contributed by atoms with Gasteiger partial charge in [0.2, 0.25) is 0 Å². The Morgan fingerprint density at radius 2 is 2.18 bits per heavy atom. The van der Waals surface area contributed by atoms with Gasteiger partial charge in [-0.15, -0.1) is 11.3 Å². The van der Waals surface area contributed by atoms with Gasteiger partial charge in [0.1, 0.15) is 0 Å². The van der Waals surface area contributed by atoms with Gasteiger partial charge < -0.3 is 5.32 Å². The molecule has 0 unspecified atom stereocenters. The zero-order valence-electron chi connectivity index (χ0n) is 10.7. The monoisotopic (exact) mass is 250 g/mol. The fraction of sp³-hybridized carbons (Fsp3) is 0.643. The summed E-state index contributed by atoms with van der Waals surface area (Å²) in [7, 11) is 0. The van der Waals surface area contributed by atoms with Crippen LogP contribution in [0.15, 0.2) is 17.0 Å². The molecule has 2 rings (SSSR count). The lowest BCUT2D eigenvalue weighted by atomic mass is 9.97. The lowest BCUT2D eigenvalue weighted by Gasteiger charge is -2.12. The van der Waals surface area contributed by atoms with Gasteiger partial charge >= 0.3 is 0 Å².